The summed E-state index contributed by atoms with van der Waals surface area (Å²) in [6.45, 7) is 3.15. The first-order valence-corrected chi connectivity index (χ1v) is 12.8. The number of amides is 3. The van der Waals surface area contributed by atoms with Crippen molar-refractivity contribution in [2.75, 3.05) is 19.6 Å². The number of imide groups is 1. The van der Waals surface area contributed by atoms with Crippen molar-refractivity contribution in [3.63, 3.8) is 0 Å². The predicted octanol–water partition coefficient (Wildman–Crippen LogP) is 4.13. The molecule has 0 bridgehead atoms. The molecule has 1 aromatic carbocycles. The first-order valence-electron chi connectivity index (χ1n) is 12.0. The number of carbonyl (C=O) groups excluding carboxylic acids is 2. The van der Waals surface area contributed by atoms with Gasteiger partial charge in [-0.1, -0.05) is 42.5 Å². The van der Waals surface area contributed by atoms with Crippen LogP contribution in [-0.4, -0.2) is 51.9 Å². The van der Waals surface area contributed by atoms with E-state index in [1.807, 2.05) is 48.5 Å². The molecule has 0 saturated carbocycles. The Kier molecular flexibility index (Phi) is 6.74. The van der Waals surface area contributed by atoms with Gasteiger partial charge in [-0.2, -0.15) is 0 Å². The van der Waals surface area contributed by atoms with E-state index in [-0.39, 0.29) is 17.9 Å². The highest BCUT2D eigenvalue weighted by Gasteiger charge is 2.55. The summed E-state index contributed by atoms with van der Waals surface area (Å²) in [7, 11) is 0. The average Bonchev–Trinajstić information content (AvgIpc) is 3.46. The van der Waals surface area contributed by atoms with Gasteiger partial charge in [0.25, 0.3) is 5.91 Å². The highest BCUT2D eigenvalue weighted by atomic mass is 32.1. The quantitative estimate of drug-likeness (QED) is 0.499. The number of piperidine rings is 1. The van der Waals surface area contributed by atoms with Crippen molar-refractivity contribution >= 4 is 23.3 Å². The van der Waals surface area contributed by atoms with E-state index in [2.05, 4.69) is 32.7 Å². The number of thiophene rings is 1. The lowest BCUT2D eigenvalue weighted by Crippen LogP contribution is -2.57. The van der Waals surface area contributed by atoms with E-state index in [0.717, 1.165) is 43.7 Å². The van der Waals surface area contributed by atoms with Crippen molar-refractivity contribution in [1.82, 2.24) is 20.1 Å². The van der Waals surface area contributed by atoms with Gasteiger partial charge >= 0.3 is 6.03 Å². The maximum atomic E-state index is 13.9. The molecule has 1 atom stereocenters. The van der Waals surface area contributed by atoms with Gasteiger partial charge < -0.3 is 5.32 Å². The molecule has 3 amide bonds. The van der Waals surface area contributed by atoms with Crippen LogP contribution < -0.4 is 5.32 Å². The Labute approximate surface area is 204 Å². The topological polar surface area (TPSA) is 65.5 Å². The lowest BCUT2D eigenvalue weighted by Gasteiger charge is -2.41. The number of urea groups is 1. The Morgan fingerprint density at radius 3 is 2.50 bits per heavy atom. The fourth-order valence-corrected chi connectivity index (χ4v) is 6.03. The van der Waals surface area contributed by atoms with E-state index >= 15 is 0 Å². The zero-order valence-corrected chi connectivity index (χ0v) is 20.0. The molecule has 5 rings (SSSR count). The van der Waals surface area contributed by atoms with E-state index in [0.29, 0.717) is 19.4 Å². The van der Waals surface area contributed by atoms with Crippen LogP contribution in [-0.2, 0) is 24.2 Å². The van der Waals surface area contributed by atoms with Crippen molar-refractivity contribution in [3.8, 4) is 0 Å². The SMILES string of the molecule is O=C1NC(Cc2ccccc2)(C2CCN(Cc3cccs3)CC2)C(=O)N1CCc1ccccn1. The predicted molar refractivity (Wildman–Crippen MR) is 133 cm³/mol. The smallest absolute Gasteiger partial charge is 0.322 e. The summed E-state index contributed by atoms with van der Waals surface area (Å²) in [5.74, 6) is 0.0117. The molecule has 34 heavy (non-hydrogen) atoms. The zero-order valence-electron chi connectivity index (χ0n) is 19.2. The first kappa shape index (κ1) is 22.7. The largest absolute Gasteiger partial charge is 0.325 e. The van der Waals surface area contributed by atoms with Crippen LogP contribution >= 0.6 is 11.3 Å². The third-order valence-electron chi connectivity index (χ3n) is 7.09. The molecule has 1 unspecified atom stereocenters. The molecule has 6 nitrogen and oxygen atoms in total. The third-order valence-corrected chi connectivity index (χ3v) is 7.95. The second-order valence-electron chi connectivity index (χ2n) is 9.22. The van der Waals surface area contributed by atoms with E-state index in [1.165, 1.54) is 9.78 Å². The number of carbonyl (C=O) groups is 2. The van der Waals surface area contributed by atoms with E-state index in [9.17, 15) is 9.59 Å². The van der Waals surface area contributed by atoms with E-state index in [1.54, 1.807) is 17.5 Å². The molecule has 2 aromatic heterocycles. The van der Waals surface area contributed by atoms with E-state index in [4.69, 9.17) is 0 Å². The highest BCUT2D eigenvalue weighted by molar-refractivity contribution is 7.09. The van der Waals surface area contributed by atoms with Crippen LogP contribution in [0, 0.1) is 5.92 Å². The standard InChI is InChI=1S/C27H30N4O2S/c32-25-27(19-21-7-2-1-3-8-21,22-11-15-30(16-12-22)20-24-10-6-18-34-24)29-26(33)31(25)17-13-23-9-4-5-14-28-23/h1-10,14,18,22H,11-13,15-17,19-20H2,(H,29,33). The number of rotatable bonds is 8. The molecule has 7 heteroatoms. The molecule has 176 valence electrons. The molecule has 4 heterocycles. The van der Waals surface area contributed by atoms with Crippen LogP contribution in [0.5, 0.6) is 0 Å². The third kappa shape index (κ3) is 4.76. The number of nitrogens with one attached hydrogen (secondary N) is 1. The molecule has 2 saturated heterocycles. The Morgan fingerprint density at radius 2 is 1.79 bits per heavy atom. The van der Waals surface area contributed by atoms with Gasteiger partial charge in [-0.05, 0) is 61.0 Å². The molecule has 0 spiro atoms. The fraction of sp³-hybridized carbons (Fsp3) is 0.370. The van der Waals surface area contributed by atoms with E-state index < -0.39 is 5.54 Å². The minimum absolute atomic E-state index is 0.0889. The van der Waals surface area contributed by atoms with Gasteiger partial charge in [-0.25, -0.2) is 4.79 Å². The summed E-state index contributed by atoms with van der Waals surface area (Å²) in [4.78, 5) is 36.6. The van der Waals surface area contributed by atoms with Crippen molar-refractivity contribution < 1.29 is 9.59 Å². The minimum Gasteiger partial charge on any atom is -0.322 e. The summed E-state index contributed by atoms with van der Waals surface area (Å²) in [5.41, 5.74) is 1.06. The van der Waals surface area contributed by atoms with Gasteiger partial charge in [0.1, 0.15) is 5.54 Å². The van der Waals surface area contributed by atoms with Gasteiger partial charge in [-0.3, -0.25) is 19.6 Å². The monoisotopic (exact) mass is 474 g/mol. The molecule has 2 fully saturated rings. The number of benzene rings is 1. The molecular formula is C27H30N4O2S. The van der Waals surface area contributed by atoms with Crippen molar-refractivity contribution in [2.45, 2.75) is 37.8 Å². The van der Waals surface area contributed by atoms with Crippen LogP contribution in [0.25, 0.3) is 0 Å². The van der Waals surface area contributed by atoms with Crippen molar-refractivity contribution in [2.24, 2.45) is 5.92 Å². The molecule has 3 aromatic rings. The molecule has 0 radical (unpaired) electrons. The van der Waals surface area contributed by atoms with Gasteiger partial charge in [0.15, 0.2) is 0 Å². The maximum Gasteiger partial charge on any atom is 0.325 e. The molecule has 2 aliphatic heterocycles. The molecular weight excluding hydrogens is 444 g/mol. The number of likely N-dealkylation sites (tertiary alicyclic amines) is 1. The summed E-state index contributed by atoms with van der Waals surface area (Å²) in [6, 6.07) is 19.8. The van der Waals surface area contributed by atoms with Crippen molar-refractivity contribution in [1.29, 1.82) is 0 Å². The summed E-state index contributed by atoms with van der Waals surface area (Å²) in [5, 5.41) is 5.30. The normalized spacial score (nSPS) is 21.7. The second kappa shape index (κ2) is 10.1. The number of pyridine rings is 1. The second-order valence-corrected chi connectivity index (χ2v) is 10.3. The summed E-state index contributed by atoms with van der Waals surface area (Å²) in [6.07, 6.45) is 4.59. The number of hydrogen-bond donors (Lipinski definition) is 1. The zero-order chi connectivity index (χ0) is 23.4. The first-order chi connectivity index (χ1) is 16.6. The molecule has 0 aliphatic carbocycles. The highest BCUT2D eigenvalue weighted by Crippen LogP contribution is 2.37. The number of nitrogens with zero attached hydrogens (tertiary/aromatic N) is 3. The van der Waals surface area contributed by atoms with Gasteiger partial charge in [0.05, 0.1) is 0 Å². The van der Waals surface area contributed by atoms with Gasteiger partial charge in [0, 0.05) is 42.7 Å². The van der Waals surface area contributed by atoms with Crippen LogP contribution in [0.3, 0.4) is 0 Å². The van der Waals surface area contributed by atoms with Gasteiger partial charge in [-0.15, -0.1) is 11.3 Å². The summed E-state index contributed by atoms with van der Waals surface area (Å²) >= 11 is 1.78. The fourth-order valence-electron chi connectivity index (χ4n) is 5.29. The van der Waals surface area contributed by atoms with Crippen LogP contribution in [0.2, 0.25) is 0 Å². The van der Waals surface area contributed by atoms with Crippen LogP contribution in [0.1, 0.15) is 29.0 Å². The average molecular weight is 475 g/mol. The Morgan fingerprint density at radius 1 is 1.00 bits per heavy atom. The maximum absolute atomic E-state index is 13.9. The Bertz CT molecular complexity index is 1100. The van der Waals surface area contributed by atoms with Gasteiger partial charge in [0.2, 0.25) is 0 Å². The molecule has 1 N–H and O–H groups in total. The van der Waals surface area contributed by atoms with Crippen molar-refractivity contribution in [3.05, 3.63) is 88.4 Å². The number of aromatic nitrogens is 1. The summed E-state index contributed by atoms with van der Waals surface area (Å²) < 4.78 is 0. The van der Waals surface area contributed by atoms with Crippen LogP contribution in [0.4, 0.5) is 4.79 Å². The Hall–Kier alpha value is -3.03. The minimum atomic E-state index is -0.891. The molecule has 2 aliphatic rings. The number of hydrogen-bond acceptors (Lipinski definition) is 5. The lowest BCUT2D eigenvalue weighted by molar-refractivity contribution is -0.134. The Balaban J connectivity index is 1.34. The lowest BCUT2D eigenvalue weighted by atomic mass is 9.74. The van der Waals surface area contributed by atoms with Crippen LogP contribution in [0.15, 0.2) is 72.2 Å².